The molecule has 1 amide bonds. The fraction of sp³-hybridized carbons (Fsp3) is 0.381. The van der Waals surface area contributed by atoms with E-state index in [9.17, 15) is 26.4 Å². The Hall–Kier alpha value is -2.18. The van der Waals surface area contributed by atoms with Crippen LogP contribution < -0.4 is 5.32 Å². The monoisotopic (exact) mass is 505 g/mol. The Morgan fingerprint density at radius 1 is 1.15 bits per heavy atom. The van der Waals surface area contributed by atoms with E-state index in [4.69, 9.17) is 25.8 Å². The summed E-state index contributed by atoms with van der Waals surface area (Å²) in [6.45, 7) is 3.61. The Kier molecular flexibility index (Phi) is 6.21. The zero-order chi connectivity index (χ0) is 24.1. The van der Waals surface area contributed by atoms with Crippen molar-refractivity contribution in [2.24, 2.45) is 0 Å². The van der Waals surface area contributed by atoms with Crippen molar-refractivity contribution in [2.45, 2.75) is 42.8 Å². The van der Waals surface area contributed by atoms with Crippen LogP contribution in [0.1, 0.15) is 24.2 Å². The molecule has 178 valence electrons. The van der Waals surface area contributed by atoms with E-state index in [1.807, 2.05) is 0 Å². The van der Waals surface area contributed by atoms with E-state index < -0.39 is 63.0 Å². The minimum Gasteiger partial charge on any atom is -0.372 e. The van der Waals surface area contributed by atoms with Crippen molar-refractivity contribution in [1.29, 1.82) is 0 Å². The lowest BCUT2D eigenvalue weighted by Crippen LogP contribution is -2.35. The Morgan fingerprint density at radius 2 is 1.82 bits per heavy atom. The van der Waals surface area contributed by atoms with E-state index in [0.717, 1.165) is 6.07 Å². The van der Waals surface area contributed by atoms with Gasteiger partial charge in [-0.05, 0) is 32.0 Å². The molecule has 3 atom stereocenters. The van der Waals surface area contributed by atoms with Gasteiger partial charge in [0.2, 0.25) is 0 Å². The second-order valence-corrected chi connectivity index (χ2v) is 10.6. The van der Waals surface area contributed by atoms with E-state index in [1.54, 1.807) is 13.8 Å². The molecule has 2 saturated heterocycles. The SMILES string of the molecule is CC1(C)O[C@H]2[C@H](CO[C@@H]2CS(=O)(=O)c2cc(C(=O)Nc3cc(F)c(F)c(F)c3)ccc2Cl)O1. The third-order valence-corrected chi connectivity index (χ3v) is 7.43. The lowest BCUT2D eigenvalue weighted by molar-refractivity contribution is -0.172. The van der Waals surface area contributed by atoms with Crippen LogP contribution in [0, 0.1) is 17.5 Å². The summed E-state index contributed by atoms with van der Waals surface area (Å²) in [6, 6.07) is 4.70. The lowest BCUT2D eigenvalue weighted by atomic mass is 10.2. The summed E-state index contributed by atoms with van der Waals surface area (Å²) in [5, 5.41) is 2.07. The first-order chi connectivity index (χ1) is 15.4. The summed E-state index contributed by atoms with van der Waals surface area (Å²) < 4.78 is 83.1. The zero-order valence-corrected chi connectivity index (χ0v) is 19.0. The maximum absolute atomic E-state index is 13.4. The molecule has 2 aromatic carbocycles. The first kappa shape index (κ1) is 24.0. The molecule has 12 heteroatoms. The molecule has 0 saturated carbocycles. The maximum Gasteiger partial charge on any atom is 0.255 e. The highest BCUT2D eigenvalue weighted by atomic mass is 35.5. The van der Waals surface area contributed by atoms with E-state index in [1.165, 1.54) is 12.1 Å². The van der Waals surface area contributed by atoms with Crippen molar-refractivity contribution < 1.29 is 40.6 Å². The largest absolute Gasteiger partial charge is 0.372 e. The van der Waals surface area contributed by atoms with Crippen molar-refractivity contribution in [2.75, 3.05) is 17.7 Å². The summed E-state index contributed by atoms with van der Waals surface area (Å²) in [4.78, 5) is 12.2. The van der Waals surface area contributed by atoms with Gasteiger partial charge in [0.05, 0.1) is 22.3 Å². The number of carbonyl (C=O) groups excluding carboxylic acids is 1. The number of benzene rings is 2. The number of rotatable bonds is 5. The zero-order valence-electron chi connectivity index (χ0n) is 17.4. The van der Waals surface area contributed by atoms with Crippen molar-refractivity contribution >= 4 is 33.0 Å². The molecule has 4 rings (SSSR count). The molecular weight excluding hydrogens is 487 g/mol. The highest BCUT2D eigenvalue weighted by Gasteiger charge is 2.51. The van der Waals surface area contributed by atoms with Crippen molar-refractivity contribution in [3.8, 4) is 0 Å². The molecule has 2 heterocycles. The van der Waals surface area contributed by atoms with Gasteiger partial charge < -0.3 is 19.5 Å². The van der Waals surface area contributed by atoms with Crippen LogP contribution in [0.4, 0.5) is 18.9 Å². The molecule has 7 nitrogen and oxygen atoms in total. The van der Waals surface area contributed by atoms with Crippen LogP contribution in [0.15, 0.2) is 35.2 Å². The fourth-order valence-electron chi connectivity index (χ4n) is 3.78. The Balaban J connectivity index is 1.55. The number of hydrogen-bond acceptors (Lipinski definition) is 6. The minimum atomic E-state index is -4.04. The molecule has 0 aromatic heterocycles. The molecule has 0 unspecified atom stereocenters. The predicted octanol–water partition coefficient (Wildman–Crippen LogP) is 3.70. The number of fused-ring (bicyclic) bond motifs is 1. The number of nitrogens with one attached hydrogen (secondary N) is 1. The smallest absolute Gasteiger partial charge is 0.255 e. The fourth-order valence-corrected chi connectivity index (χ4v) is 5.82. The molecule has 0 radical (unpaired) electrons. The predicted molar refractivity (Wildman–Crippen MR) is 111 cm³/mol. The van der Waals surface area contributed by atoms with Gasteiger partial charge >= 0.3 is 0 Å². The summed E-state index contributed by atoms with van der Waals surface area (Å²) in [5.41, 5.74) is -0.489. The number of carbonyl (C=O) groups is 1. The van der Waals surface area contributed by atoms with Gasteiger partial charge in [-0.25, -0.2) is 21.6 Å². The molecule has 0 spiro atoms. The average molecular weight is 506 g/mol. The first-order valence-corrected chi connectivity index (χ1v) is 11.8. The second kappa shape index (κ2) is 8.55. The highest BCUT2D eigenvalue weighted by Crippen LogP contribution is 2.36. The minimum absolute atomic E-state index is 0.121. The van der Waals surface area contributed by atoms with Crippen LogP contribution in [0.25, 0.3) is 0 Å². The van der Waals surface area contributed by atoms with Gasteiger partial charge in [-0.3, -0.25) is 4.79 Å². The second-order valence-electron chi connectivity index (χ2n) is 8.14. The number of anilines is 1. The van der Waals surface area contributed by atoms with Crippen LogP contribution in [0.5, 0.6) is 0 Å². The van der Waals surface area contributed by atoms with Gasteiger partial charge in [0.1, 0.15) is 18.3 Å². The van der Waals surface area contributed by atoms with E-state index in [-0.39, 0.29) is 27.8 Å². The Bertz CT molecular complexity index is 1200. The molecule has 2 aliphatic rings. The molecular formula is C21H19ClF3NO6S. The summed E-state index contributed by atoms with van der Waals surface area (Å²) in [6.07, 6.45) is -1.78. The summed E-state index contributed by atoms with van der Waals surface area (Å²) in [7, 11) is -4.04. The van der Waals surface area contributed by atoms with Crippen molar-refractivity contribution in [3.05, 3.63) is 58.4 Å². The van der Waals surface area contributed by atoms with Crippen LogP contribution >= 0.6 is 11.6 Å². The van der Waals surface area contributed by atoms with Gasteiger partial charge in [0.25, 0.3) is 5.91 Å². The van der Waals surface area contributed by atoms with Gasteiger partial charge in [-0.2, -0.15) is 0 Å². The van der Waals surface area contributed by atoms with E-state index in [0.29, 0.717) is 12.1 Å². The van der Waals surface area contributed by atoms with Crippen LogP contribution in [-0.4, -0.2) is 50.8 Å². The molecule has 2 fully saturated rings. The highest BCUT2D eigenvalue weighted by molar-refractivity contribution is 7.91. The van der Waals surface area contributed by atoms with Crippen LogP contribution in [0.2, 0.25) is 5.02 Å². The third-order valence-electron chi connectivity index (χ3n) is 5.22. The topological polar surface area (TPSA) is 90.9 Å². The average Bonchev–Trinajstić information content (AvgIpc) is 3.21. The lowest BCUT2D eigenvalue weighted by Gasteiger charge is -2.21. The molecule has 2 aromatic rings. The quantitative estimate of drug-likeness (QED) is 0.623. The number of halogens is 4. The number of amides is 1. The Morgan fingerprint density at radius 3 is 2.48 bits per heavy atom. The normalized spacial score (nSPS) is 24.0. The maximum atomic E-state index is 13.4. The van der Waals surface area contributed by atoms with Gasteiger partial charge in [0, 0.05) is 23.4 Å². The summed E-state index contributed by atoms with van der Waals surface area (Å²) >= 11 is 6.10. The van der Waals surface area contributed by atoms with Crippen molar-refractivity contribution in [1.82, 2.24) is 0 Å². The molecule has 1 N–H and O–H groups in total. The van der Waals surface area contributed by atoms with Gasteiger partial charge in [-0.1, -0.05) is 11.6 Å². The molecule has 0 bridgehead atoms. The number of ether oxygens (including phenoxy) is 3. The van der Waals surface area contributed by atoms with E-state index in [2.05, 4.69) is 5.32 Å². The first-order valence-electron chi connectivity index (χ1n) is 9.82. The van der Waals surface area contributed by atoms with Crippen LogP contribution in [-0.2, 0) is 24.0 Å². The molecule has 33 heavy (non-hydrogen) atoms. The number of sulfone groups is 1. The molecule has 2 aliphatic heterocycles. The van der Waals surface area contributed by atoms with Gasteiger partial charge in [-0.15, -0.1) is 0 Å². The van der Waals surface area contributed by atoms with Crippen molar-refractivity contribution in [3.63, 3.8) is 0 Å². The number of hydrogen-bond donors (Lipinski definition) is 1. The summed E-state index contributed by atoms with van der Waals surface area (Å²) in [5.74, 6) is -6.85. The third kappa shape index (κ3) is 4.87. The molecule has 0 aliphatic carbocycles. The standard InChI is InChI=1S/C21H19ClF3NO6S/c1-21(2)31-15-8-30-16(19(15)32-21)9-33(28,29)17-5-10(3-4-12(17)22)20(27)26-11-6-13(23)18(25)14(24)7-11/h3-7,15-16,19H,8-9H2,1-2H3,(H,26,27)/t15-,16+,19-/m0/s1. The van der Waals surface area contributed by atoms with Gasteiger partial charge in [0.15, 0.2) is 33.1 Å². The van der Waals surface area contributed by atoms with Crippen LogP contribution in [0.3, 0.4) is 0 Å². The Labute approximate surface area is 192 Å². The van der Waals surface area contributed by atoms with E-state index >= 15 is 0 Å².